The Morgan fingerprint density at radius 3 is 2.38 bits per heavy atom. The van der Waals surface area contributed by atoms with Crippen molar-refractivity contribution in [1.29, 1.82) is 0 Å². The van der Waals surface area contributed by atoms with E-state index in [9.17, 15) is 0 Å². The molecule has 0 aliphatic heterocycles. The molecule has 0 aliphatic carbocycles. The summed E-state index contributed by atoms with van der Waals surface area (Å²) >= 11 is 6.33. The minimum Gasteiger partial charge on any atom is -0.123 e. The largest absolute Gasteiger partial charge is 0.123 e. The van der Waals surface area contributed by atoms with Crippen LogP contribution in [0.25, 0.3) is 0 Å². The molecular formula is C15H23Cl. The minimum absolute atomic E-state index is 0.309. The summed E-state index contributed by atoms with van der Waals surface area (Å²) in [7, 11) is 0. The van der Waals surface area contributed by atoms with Crippen molar-refractivity contribution in [2.75, 3.05) is 0 Å². The molecular weight excluding hydrogens is 216 g/mol. The molecule has 0 amide bonds. The second kappa shape index (κ2) is 8.64. The lowest BCUT2D eigenvalue weighted by atomic mass is 10.0. The van der Waals surface area contributed by atoms with Crippen LogP contribution in [0.15, 0.2) is 30.3 Å². The summed E-state index contributed by atoms with van der Waals surface area (Å²) in [4.78, 5) is 0. The van der Waals surface area contributed by atoms with Crippen LogP contribution in [0.1, 0.15) is 51.0 Å². The minimum atomic E-state index is 0.309. The number of unbranched alkanes of at least 4 members (excludes halogenated alkanes) is 4. The van der Waals surface area contributed by atoms with E-state index >= 15 is 0 Å². The van der Waals surface area contributed by atoms with Crippen molar-refractivity contribution < 1.29 is 0 Å². The Morgan fingerprint density at radius 2 is 1.69 bits per heavy atom. The summed E-state index contributed by atoms with van der Waals surface area (Å²) in [6.45, 7) is 2.25. The Labute approximate surface area is 105 Å². The summed E-state index contributed by atoms with van der Waals surface area (Å²) < 4.78 is 0. The van der Waals surface area contributed by atoms with Gasteiger partial charge in [0.15, 0.2) is 0 Å². The van der Waals surface area contributed by atoms with Crippen molar-refractivity contribution in [3.8, 4) is 0 Å². The van der Waals surface area contributed by atoms with Gasteiger partial charge in [-0.25, -0.2) is 0 Å². The van der Waals surface area contributed by atoms with Crippen molar-refractivity contribution in [2.24, 2.45) is 0 Å². The van der Waals surface area contributed by atoms with Crippen LogP contribution in [0.3, 0.4) is 0 Å². The molecule has 0 saturated carbocycles. The molecule has 0 radical (unpaired) electrons. The highest BCUT2D eigenvalue weighted by Crippen LogP contribution is 2.15. The number of alkyl halides is 1. The first kappa shape index (κ1) is 13.6. The van der Waals surface area contributed by atoms with Gasteiger partial charge in [0.25, 0.3) is 0 Å². The van der Waals surface area contributed by atoms with E-state index in [1.807, 2.05) is 0 Å². The van der Waals surface area contributed by atoms with Crippen LogP contribution in [0.5, 0.6) is 0 Å². The first-order valence-corrected chi connectivity index (χ1v) is 6.94. The zero-order valence-corrected chi connectivity index (χ0v) is 11.0. The monoisotopic (exact) mass is 238 g/mol. The highest BCUT2D eigenvalue weighted by atomic mass is 35.5. The van der Waals surface area contributed by atoms with E-state index in [1.54, 1.807) is 0 Å². The first-order chi connectivity index (χ1) is 7.83. The van der Waals surface area contributed by atoms with Gasteiger partial charge in [-0.3, -0.25) is 0 Å². The maximum absolute atomic E-state index is 6.33. The zero-order valence-electron chi connectivity index (χ0n) is 10.3. The maximum Gasteiger partial charge on any atom is 0.0376 e. The summed E-state index contributed by atoms with van der Waals surface area (Å²) in [5, 5.41) is 0.309. The third-order valence-electron chi connectivity index (χ3n) is 2.92. The summed E-state index contributed by atoms with van der Waals surface area (Å²) in [5.74, 6) is 0. The number of hydrogen-bond donors (Lipinski definition) is 0. The van der Waals surface area contributed by atoms with E-state index in [2.05, 4.69) is 37.3 Å². The predicted molar refractivity (Wildman–Crippen MR) is 73.2 cm³/mol. The highest BCUT2D eigenvalue weighted by Gasteiger charge is 2.05. The zero-order chi connectivity index (χ0) is 11.6. The Kier molecular flexibility index (Phi) is 7.33. The third kappa shape index (κ3) is 6.17. The van der Waals surface area contributed by atoms with Crippen molar-refractivity contribution in [2.45, 2.75) is 57.2 Å². The van der Waals surface area contributed by atoms with E-state index < -0.39 is 0 Å². The molecule has 0 heterocycles. The molecule has 0 N–H and O–H groups in total. The van der Waals surface area contributed by atoms with Gasteiger partial charge in [0.2, 0.25) is 0 Å². The smallest absolute Gasteiger partial charge is 0.0376 e. The normalized spacial score (nSPS) is 12.6. The van der Waals surface area contributed by atoms with Crippen molar-refractivity contribution in [3.05, 3.63) is 35.9 Å². The molecule has 0 fully saturated rings. The second-order valence-corrected chi connectivity index (χ2v) is 5.11. The molecule has 16 heavy (non-hydrogen) atoms. The van der Waals surface area contributed by atoms with Gasteiger partial charge in [-0.2, -0.15) is 0 Å². The van der Waals surface area contributed by atoms with E-state index in [1.165, 1.54) is 37.7 Å². The average molecular weight is 239 g/mol. The SMILES string of the molecule is CCCCCCCC(Cl)Cc1ccccc1. The summed E-state index contributed by atoms with van der Waals surface area (Å²) in [6.07, 6.45) is 8.83. The molecule has 0 spiro atoms. The van der Waals surface area contributed by atoms with Crippen LogP contribution in [0.2, 0.25) is 0 Å². The molecule has 1 unspecified atom stereocenters. The molecule has 1 atom stereocenters. The Hall–Kier alpha value is -0.490. The van der Waals surface area contributed by atoms with Crippen LogP contribution in [-0.2, 0) is 6.42 Å². The Balaban J connectivity index is 2.09. The Bertz CT molecular complexity index is 255. The van der Waals surface area contributed by atoms with Gasteiger partial charge in [-0.05, 0) is 18.4 Å². The highest BCUT2D eigenvalue weighted by molar-refractivity contribution is 6.20. The van der Waals surface area contributed by atoms with Crippen molar-refractivity contribution >= 4 is 11.6 Å². The van der Waals surface area contributed by atoms with Crippen LogP contribution in [-0.4, -0.2) is 5.38 Å². The Morgan fingerprint density at radius 1 is 1.00 bits per heavy atom. The molecule has 1 heteroatoms. The lowest BCUT2D eigenvalue weighted by molar-refractivity contribution is 0.593. The topological polar surface area (TPSA) is 0 Å². The molecule has 0 aliphatic rings. The number of halogens is 1. The van der Waals surface area contributed by atoms with Crippen LogP contribution < -0.4 is 0 Å². The van der Waals surface area contributed by atoms with Gasteiger partial charge >= 0.3 is 0 Å². The molecule has 0 bridgehead atoms. The van der Waals surface area contributed by atoms with Gasteiger partial charge < -0.3 is 0 Å². The molecule has 1 aromatic rings. The molecule has 90 valence electrons. The quantitative estimate of drug-likeness (QED) is 0.432. The van der Waals surface area contributed by atoms with Gasteiger partial charge in [-0.1, -0.05) is 69.4 Å². The van der Waals surface area contributed by atoms with Gasteiger partial charge in [0.05, 0.1) is 0 Å². The summed E-state index contributed by atoms with van der Waals surface area (Å²) in [5.41, 5.74) is 1.36. The van der Waals surface area contributed by atoms with Crippen LogP contribution in [0, 0.1) is 0 Å². The fourth-order valence-electron chi connectivity index (χ4n) is 1.94. The second-order valence-electron chi connectivity index (χ2n) is 4.49. The van der Waals surface area contributed by atoms with Gasteiger partial charge in [0.1, 0.15) is 0 Å². The van der Waals surface area contributed by atoms with E-state index in [4.69, 9.17) is 11.6 Å². The molecule has 0 aromatic heterocycles. The number of rotatable bonds is 8. The van der Waals surface area contributed by atoms with Crippen LogP contribution in [0.4, 0.5) is 0 Å². The molecule has 1 rings (SSSR count). The summed E-state index contributed by atoms with van der Waals surface area (Å²) in [6, 6.07) is 10.5. The lowest BCUT2D eigenvalue weighted by Gasteiger charge is -2.09. The van der Waals surface area contributed by atoms with Crippen molar-refractivity contribution in [1.82, 2.24) is 0 Å². The number of hydrogen-bond acceptors (Lipinski definition) is 0. The molecule has 1 aromatic carbocycles. The third-order valence-corrected chi connectivity index (χ3v) is 3.29. The average Bonchev–Trinajstić information content (AvgIpc) is 2.30. The maximum atomic E-state index is 6.33. The lowest BCUT2D eigenvalue weighted by Crippen LogP contribution is -2.03. The molecule has 0 saturated heterocycles. The first-order valence-electron chi connectivity index (χ1n) is 6.51. The molecule has 0 nitrogen and oxygen atoms in total. The van der Waals surface area contributed by atoms with Gasteiger partial charge in [0, 0.05) is 5.38 Å². The van der Waals surface area contributed by atoms with Gasteiger partial charge in [-0.15, -0.1) is 11.6 Å². The standard InChI is InChI=1S/C15H23Cl/c1-2-3-4-5-9-12-15(16)13-14-10-7-6-8-11-14/h6-8,10-11,15H,2-5,9,12-13H2,1H3. The fraction of sp³-hybridized carbons (Fsp3) is 0.600. The van der Waals surface area contributed by atoms with Crippen molar-refractivity contribution in [3.63, 3.8) is 0 Å². The number of benzene rings is 1. The van der Waals surface area contributed by atoms with E-state index in [0.717, 1.165) is 12.8 Å². The predicted octanol–water partition coefficient (Wildman–Crippen LogP) is 5.20. The fourth-order valence-corrected chi connectivity index (χ4v) is 2.27. The van der Waals surface area contributed by atoms with E-state index in [0.29, 0.717) is 5.38 Å². The van der Waals surface area contributed by atoms with Crippen LogP contribution >= 0.6 is 11.6 Å². The van der Waals surface area contributed by atoms with E-state index in [-0.39, 0.29) is 0 Å².